The lowest BCUT2D eigenvalue weighted by Gasteiger charge is -2.04. The third-order valence-electron chi connectivity index (χ3n) is 2.61. The van der Waals surface area contributed by atoms with E-state index in [1.807, 2.05) is 13.8 Å². The predicted molar refractivity (Wildman–Crippen MR) is 65.7 cm³/mol. The first-order chi connectivity index (χ1) is 8.52. The minimum Gasteiger partial charge on any atom is -0.464 e. The molecule has 0 radical (unpaired) electrons. The number of aryl methyl sites for hydroxylation is 1. The Kier molecular flexibility index (Phi) is 3.38. The van der Waals surface area contributed by atoms with Crippen LogP contribution in [0, 0.1) is 13.8 Å². The van der Waals surface area contributed by atoms with Gasteiger partial charge in [0.05, 0.1) is 23.5 Å². The summed E-state index contributed by atoms with van der Waals surface area (Å²) in [5.74, 6) is -0.458. The van der Waals surface area contributed by atoms with Crippen LogP contribution < -0.4 is 0 Å². The van der Waals surface area contributed by atoms with Crippen molar-refractivity contribution in [2.45, 2.75) is 20.5 Å². The Hall–Kier alpha value is -1.82. The van der Waals surface area contributed by atoms with E-state index in [1.54, 1.807) is 21.6 Å². The number of carbonyl (C=O) groups excluding carboxylic acids is 1. The lowest BCUT2D eigenvalue weighted by Crippen LogP contribution is -2.13. The average Bonchev–Trinajstić information content (AvgIpc) is 2.91. The second-order valence-corrected chi connectivity index (χ2v) is 4.24. The zero-order valence-electron chi connectivity index (χ0n) is 10.3. The van der Waals surface area contributed by atoms with E-state index in [0.717, 1.165) is 11.4 Å². The van der Waals surface area contributed by atoms with E-state index in [4.69, 9.17) is 11.6 Å². The lowest BCUT2D eigenvalue weighted by atomic mass is 10.4. The molecule has 96 valence electrons. The zero-order chi connectivity index (χ0) is 13.3. The van der Waals surface area contributed by atoms with Crippen LogP contribution in [-0.4, -0.2) is 32.6 Å². The van der Waals surface area contributed by atoms with E-state index in [0.29, 0.717) is 11.7 Å². The molecule has 0 saturated heterocycles. The molecule has 6 nitrogen and oxygen atoms in total. The van der Waals surface area contributed by atoms with Gasteiger partial charge in [-0.2, -0.15) is 10.2 Å². The van der Waals surface area contributed by atoms with Gasteiger partial charge in [-0.05, 0) is 19.9 Å². The van der Waals surface area contributed by atoms with Gasteiger partial charge in [-0.15, -0.1) is 0 Å². The van der Waals surface area contributed by atoms with Gasteiger partial charge in [0.2, 0.25) is 0 Å². The summed E-state index contributed by atoms with van der Waals surface area (Å²) < 4.78 is 7.92. The highest BCUT2D eigenvalue weighted by molar-refractivity contribution is 6.31. The van der Waals surface area contributed by atoms with Gasteiger partial charge in [0, 0.05) is 6.20 Å². The number of hydrogen-bond acceptors (Lipinski definition) is 4. The van der Waals surface area contributed by atoms with Crippen molar-refractivity contribution in [3.05, 3.63) is 34.4 Å². The molecule has 0 saturated carbocycles. The number of halogens is 1. The minimum absolute atomic E-state index is 0.269. The maximum absolute atomic E-state index is 11.3. The molecule has 0 aromatic carbocycles. The van der Waals surface area contributed by atoms with Crippen LogP contribution in [0.5, 0.6) is 0 Å². The van der Waals surface area contributed by atoms with Gasteiger partial charge in [-0.25, -0.2) is 9.48 Å². The van der Waals surface area contributed by atoms with Crippen LogP contribution >= 0.6 is 11.6 Å². The van der Waals surface area contributed by atoms with Gasteiger partial charge in [-0.1, -0.05) is 11.6 Å². The largest absolute Gasteiger partial charge is 0.464 e. The van der Waals surface area contributed by atoms with Crippen molar-refractivity contribution in [2.75, 3.05) is 7.11 Å². The number of hydrogen-bond donors (Lipinski definition) is 0. The summed E-state index contributed by atoms with van der Waals surface area (Å²) >= 11 is 6.06. The number of esters is 1. The summed E-state index contributed by atoms with van der Waals surface area (Å²) in [6.07, 6.45) is 1.69. The standard InChI is InChI=1S/C11H13ClN4O2/c1-7-10(12)8(2)16(13-7)6-15-5-4-9(14-15)11(17)18-3/h4-5H,6H2,1-3H3. The van der Waals surface area contributed by atoms with Gasteiger partial charge in [0.1, 0.15) is 6.67 Å². The van der Waals surface area contributed by atoms with Crippen molar-refractivity contribution in [3.63, 3.8) is 0 Å². The van der Waals surface area contributed by atoms with E-state index in [9.17, 15) is 4.79 Å². The predicted octanol–water partition coefficient (Wildman–Crippen LogP) is 1.64. The first-order valence-electron chi connectivity index (χ1n) is 5.34. The Morgan fingerprint density at radius 1 is 1.44 bits per heavy atom. The number of nitrogens with zero attached hydrogens (tertiary/aromatic N) is 4. The third kappa shape index (κ3) is 2.24. The van der Waals surface area contributed by atoms with Crippen LogP contribution in [0.25, 0.3) is 0 Å². The Bertz CT molecular complexity index is 588. The monoisotopic (exact) mass is 268 g/mol. The van der Waals surface area contributed by atoms with Crippen LogP contribution in [0.1, 0.15) is 21.9 Å². The molecule has 7 heteroatoms. The first-order valence-corrected chi connectivity index (χ1v) is 5.72. The summed E-state index contributed by atoms with van der Waals surface area (Å²) in [6, 6.07) is 1.60. The smallest absolute Gasteiger partial charge is 0.358 e. The van der Waals surface area contributed by atoms with Crippen LogP contribution in [0.2, 0.25) is 5.02 Å². The summed E-state index contributed by atoms with van der Waals surface area (Å²) in [5, 5.41) is 9.03. The molecule has 0 bridgehead atoms. The first kappa shape index (κ1) is 12.6. The highest BCUT2D eigenvalue weighted by atomic mass is 35.5. The van der Waals surface area contributed by atoms with E-state index in [-0.39, 0.29) is 5.69 Å². The van der Waals surface area contributed by atoms with Gasteiger partial charge in [-0.3, -0.25) is 4.68 Å². The van der Waals surface area contributed by atoms with Crippen molar-refractivity contribution in [3.8, 4) is 0 Å². The molecule has 0 amide bonds. The molecule has 0 unspecified atom stereocenters. The molecule has 0 aliphatic rings. The highest BCUT2D eigenvalue weighted by Gasteiger charge is 2.12. The molecule has 2 rings (SSSR count). The Labute approximate surface area is 109 Å². The zero-order valence-corrected chi connectivity index (χ0v) is 11.1. The van der Waals surface area contributed by atoms with E-state index in [2.05, 4.69) is 14.9 Å². The van der Waals surface area contributed by atoms with Crippen LogP contribution in [0.4, 0.5) is 0 Å². The van der Waals surface area contributed by atoms with E-state index in [1.165, 1.54) is 7.11 Å². The molecule has 2 aromatic heterocycles. The summed E-state index contributed by atoms with van der Waals surface area (Å²) in [7, 11) is 1.32. The van der Waals surface area contributed by atoms with Gasteiger partial charge < -0.3 is 4.74 Å². The number of ether oxygens (including phenoxy) is 1. The fraction of sp³-hybridized carbons (Fsp3) is 0.364. The molecule has 0 spiro atoms. The van der Waals surface area contributed by atoms with Crippen molar-refractivity contribution in [1.29, 1.82) is 0 Å². The minimum atomic E-state index is -0.458. The number of rotatable bonds is 3. The molecule has 2 aromatic rings. The summed E-state index contributed by atoms with van der Waals surface area (Å²) in [5.41, 5.74) is 1.91. The molecule has 0 fully saturated rings. The highest BCUT2D eigenvalue weighted by Crippen LogP contribution is 2.18. The second-order valence-electron chi connectivity index (χ2n) is 3.86. The van der Waals surface area contributed by atoms with Gasteiger partial charge in [0.15, 0.2) is 5.69 Å². The van der Waals surface area contributed by atoms with Crippen molar-refractivity contribution in [1.82, 2.24) is 19.6 Å². The molecule has 2 heterocycles. The molecule has 0 atom stereocenters. The lowest BCUT2D eigenvalue weighted by molar-refractivity contribution is 0.0593. The Morgan fingerprint density at radius 3 is 2.72 bits per heavy atom. The molecule has 0 aliphatic carbocycles. The average molecular weight is 269 g/mol. The van der Waals surface area contributed by atoms with Crippen molar-refractivity contribution < 1.29 is 9.53 Å². The van der Waals surface area contributed by atoms with Gasteiger partial charge in [0.25, 0.3) is 0 Å². The van der Waals surface area contributed by atoms with Crippen LogP contribution in [-0.2, 0) is 11.4 Å². The molecular formula is C11H13ClN4O2. The number of carbonyl (C=O) groups is 1. The van der Waals surface area contributed by atoms with Crippen molar-refractivity contribution >= 4 is 17.6 Å². The van der Waals surface area contributed by atoms with E-state index < -0.39 is 5.97 Å². The summed E-state index contributed by atoms with van der Waals surface area (Å²) in [4.78, 5) is 11.3. The number of methoxy groups -OCH3 is 1. The topological polar surface area (TPSA) is 61.9 Å². The fourth-order valence-corrected chi connectivity index (χ4v) is 1.74. The Morgan fingerprint density at radius 2 is 2.17 bits per heavy atom. The van der Waals surface area contributed by atoms with Crippen LogP contribution in [0.3, 0.4) is 0 Å². The molecule has 0 N–H and O–H groups in total. The quantitative estimate of drug-likeness (QED) is 0.794. The normalized spacial score (nSPS) is 10.7. The molecular weight excluding hydrogens is 256 g/mol. The summed E-state index contributed by atoms with van der Waals surface area (Å²) in [6.45, 7) is 4.12. The van der Waals surface area contributed by atoms with Crippen molar-refractivity contribution in [2.24, 2.45) is 0 Å². The second kappa shape index (κ2) is 4.81. The SMILES string of the molecule is COC(=O)c1ccn(Cn2nc(C)c(Cl)c2C)n1. The molecule has 18 heavy (non-hydrogen) atoms. The maximum atomic E-state index is 11.3. The Balaban J connectivity index is 2.21. The fourth-order valence-electron chi connectivity index (χ4n) is 1.60. The van der Waals surface area contributed by atoms with E-state index >= 15 is 0 Å². The third-order valence-corrected chi connectivity index (χ3v) is 3.15. The number of aromatic nitrogens is 4. The molecule has 0 aliphatic heterocycles. The maximum Gasteiger partial charge on any atom is 0.358 e. The van der Waals surface area contributed by atoms with Gasteiger partial charge >= 0.3 is 5.97 Å². The van der Waals surface area contributed by atoms with Crippen LogP contribution in [0.15, 0.2) is 12.3 Å².